The molecule has 1 rings (SSSR count). The monoisotopic (exact) mass is 260 g/mol. The van der Waals surface area contributed by atoms with Crippen LogP contribution in [0.15, 0.2) is 18.2 Å². The molecule has 0 heterocycles. The third kappa shape index (κ3) is 4.72. The van der Waals surface area contributed by atoms with E-state index in [1.807, 2.05) is 19.9 Å². The molecule has 0 saturated heterocycles. The van der Waals surface area contributed by atoms with Gasteiger partial charge in [0.25, 0.3) is 0 Å². The van der Waals surface area contributed by atoms with E-state index >= 15 is 0 Å². The molecule has 0 aliphatic carbocycles. The van der Waals surface area contributed by atoms with Crippen molar-refractivity contribution in [3.63, 3.8) is 0 Å². The van der Waals surface area contributed by atoms with Crippen molar-refractivity contribution < 1.29 is 14.7 Å². The number of carboxylic acid groups (broad SMARTS) is 1. The van der Waals surface area contributed by atoms with Crippen LogP contribution in [0.5, 0.6) is 0 Å². The van der Waals surface area contributed by atoms with Crippen LogP contribution >= 0.6 is 0 Å². The molecule has 1 unspecified atom stereocenters. The number of terminal acetylenes is 1. The Hall–Kier alpha value is -2.48. The van der Waals surface area contributed by atoms with E-state index in [-0.39, 0.29) is 6.42 Å². The fourth-order valence-corrected chi connectivity index (χ4v) is 1.69. The second kappa shape index (κ2) is 6.45. The van der Waals surface area contributed by atoms with Crippen molar-refractivity contribution in [2.24, 2.45) is 0 Å². The third-order valence-electron chi connectivity index (χ3n) is 2.40. The Morgan fingerprint density at radius 3 is 2.37 bits per heavy atom. The highest BCUT2D eigenvalue weighted by Gasteiger charge is 2.18. The number of nitrogens with one attached hydrogen (secondary N) is 2. The van der Waals surface area contributed by atoms with Crippen LogP contribution in [0.3, 0.4) is 0 Å². The van der Waals surface area contributed by atoms with Crippen LogP contribution in [-0.2, 0) is 4.79 Å². The van der Waals surface area contributed by atoms with E-state index in [0.717, 1.165) is 11.1 Å². The Balaban J connectivity index is 2.69. The largest absolute Gasteiger partial charge is 0.480 e. The SMILES string of the molecule is C#CCC(NC(=O)Nc1cc(C)cc(C)c1)C(=O)O. The molecule has 5 heteroatoms. The molecule has 0 radical (unpaired) electrons. The van der Waals surface area contributed by atoms with Gasteiger partial charge in [-0.1, -0.05) is 6.07 Å². The molecule has 0 spiro atoms. The van der Waals surface area contributed by atoms with E-state index in [4.69, 9.17) is 11.5 Å². The van der Waals surface area contributed by atoms with E-state index in [1.165, 1.54) is 0 Å². The first kappa shape index (κ1) is 14.6. The van der Waals surface area contributed by atoms with Crippen LogP contribution in [0.25, 0.3) is 0 Å². The molecule has 5 nitrogen and oxygen atoms in total. The van der Waals surface area contributed by atoms with Crippen LogP contribution in [-0.4, -0.2) is 23.1 Å². The first-order chi connectivity index (χ1) is 8.92. The van der Waals surface area contributed by atoms with Crippen molar-refractivity contribution in [1.29, 1.82) is 0 Å². The Labute approximate surface area is 112 Å². The smallest absolute Gasteiger partial charge is 0.327 e. The van der Waals surface area contributed by atoms with E-state index in [0.29, 0.717) is 5.69 Å². The molecule has 1 aromatic carbocycles. The summed E-state index contributed by atoms with van der Waals surface area (Å²) in [6.07, 6.45) is 4.99. The topological polar surface area (TPSA) is 78.4 Å². The molecule has 0 aliphatic rings. The van der Waals surface area contributed by atoms with Crippen LogP contribution in [0.2, 0.25) is 0 Å². The van der Waals surface area contributed by atoms with Gasteiger partial charge < -0.3 is 15.7 Å². The highest BCUT2D eigenvalue weighted by molar-refractivity contribution is 5.92. The second-order valence-electron chi connectivity index (χ2n) is 4.27. The minimum atomic E-state index is -1.16. The Bertz CT molecular complexity index is 512. The molecule has 0 saturated carbocycles. The standard InChI is InChI=1S/C14H16N2O3/c1-4-5-12(13(17)18)16-14(19)15-11-7-9(2)6-10(3)8-11/h1,6-8,12H,5H2,2-3H3,(H,17,18)(H2,15,16,19). The zero-order valence-electron chi connectivity index (χ0n) is 10.9. The van der Waals surface area contributed by atoms with Gasteiger partial charge in [0.05, 0.1) is 0 Å². The van der Waals surface area contributed by atoms with Gasteiger partial charge in [0.1, 0.15) is 6.04 Å². The Morgan fingerprint density at radius 2 is 1.89 bits per heavy atom. The van der Waals surface area contributed by atoms with Crippen molar-refractivity contribution in [3.8, 4) is 12.3 Å². The average Bonchev–Trinajstić information content (AvgIpc) is 2.26. The molecule has 0 fully saturated rings. The number of rotatable bonds is 4. The lowest BCUT2D eigenvalue weighted by molar-refractivity contribution is -0.139. The molecule has 1 aromatic rings. The maximum absolute atomic E-state index is 11.7. The number of carbonyl (C=O) groups excluding carboxylic acids is 1. The summed E-state index contributed by atoms with van der Waals surface area (Å²) in [7, 11) is 0. The summed E-state index contributed by atoms with van der Waals surface area (Å²) in [5.74, 6) is 1.05. The number of carbonyl (C=O) groups is 2. The molecule has 0 aliphatic heterocycles. The number of carboxylic acids is 1. The maximum atomic E-state index is 11.7. The summed E-state index contributed by atoms with van der Waals surface area (Å²) < 4.78 is 0. The lowest BCUT2D eigenvalue weighted by atomic mass is 10.1. The molecular formula is C14H16N2O3. The Kier molecular flexibility index (Phi) is 4.95. The summed E-state index contributed by atoms with van der Waals surface area (Å²) in [5.41, 5.74) is 2.63. The summed E-state index contributed by atoms with van der Waals surface area (Å²) in [6.45, 7) is 3.82. The lowest BCUT2D eigenvalue weighted by Gasteiger charge is -2.13. The molecular weight excluding hydrogens is 244 g/mol. The van der Waals surface area contributed by atoms with Crippen LogP contribution in [0.4, 0.5) is 10.5 Å². The maximum Gasteiger partial charge on any atom is 0.327 e. The number of benzene rings is 1. The van der Waals surface area contributed by atoms with Gasteiger partial charge in [0, 0.05) is 12.1 Å². The van der Waals surface area contributed by atoms with Gasteiger partial charge in [-0.3, -0.25) is 0 Å². The summed E-state index contributed by atoms with van der Waals surface area (Å²) in [6, 6.07) is 3.89. The number of hydrogen-bond donors (Lipinski definition) is 3. The molecule has 0 bridgehead atoms. The van der Waals surface area contributed by atoms with Crippen molar-refractivity contribution in [2.45, 2.75) is 26.3 Å². The first-order valence-electron chi connectivity index (χ1n) is 5.74. The van der Waals surface area contributed by atoms with E-state index < -0.39 is 18.0 Å². The van der Waals surface area contributed by atoms with Gasteiger partial charge in [-0.2, -0.15) is 0 Å². The number of aryl methyl sites for hydroxylation is 2. The van der Waals surface area contributed by atoms with Crippen molar-refractivity contribution in [1.82, 2.24) is 5.32 Å². The molecule has 19 heavy (non-hydrogen) atoms. The molecule has 100 valence electrons. The van der Waals surface area contributed by atoms with E-state index in [1.54, 1.807) is 12.1 Å². The summed E-state index contributed by atoms with van der Waals surface area (Å²) >= 11 is 0. The Morgan fingerprint density at radius 1 is 1.32 bits per heavy atom. The normalized spacial score (nSPS) is 11.2. The van der Waals surface area contributed by atoms with Crippen LogP contribution < -0.4 is 10.6 Å². The number of amides is 2. The van der Waals surface area contributed by atoms with Gasteiger partial charge >= 0.3 is 12.0 Å². The zero-order chi connectivity index (χ0) is 14.4. The molecule has 0 aromatic heterocycles. The fraction of sp³-hybridized carbons (Fsp3) is 0.286. The second-order valence-corrected chi connectivity index (χ2v) is 4.27. The first-order valence-corrected chi connectivity index (χ1v) is 5.74. The zero-order valence-corrected chi connectivity index (χ0v) is 10.9. The quantitative estimate of drug-likeness (QED) is 0.723. The highest BCUT2D eigenvalue weighted by atomic mass is 16.4. The van der Waals surface area contributed by atoms with Gasteiger partial charge in [-0.25, -0.2) is 9.59 Å². The van der Waals surface area contributed by atoms with Crippen molar-refractivity contribution in [3.05, 3.63) is 29.3 Å². The van der Waals surface area contributed by atoms with E-state index in [2.05, 4.69) is 16.6 Å². The average molecular weight is 260 g/mol. The van der Waals surface area contributed by atoms with Gasteiger partial charge in [0.15, 0.2) is 0 Å². The third-order valence-corrected chi connectivity index (χ3v) is 2.40. The fourth-order valence-electron chi connectivity index (χ4n) is 1.69. The number of aliphatic carboxylic acids is 1. The minimum Gasteiger partial charge on any atom is -0.480 e. The van der Waals surface area contributed by atoms with Crippen LogP contribution in [0.1, 0.15) is 17.5 Å². The number of hydrogen-bond acceptors (Lipinski definition) is 2. The number of urea groups is 1. The lowest BCUT2D eigenvalue weighted by Crippen LogP contribution is -2.42. The van der Waals surface area contributed by atoms with E-state index in [9.17, 15) is 9.59 Å². The molecule has 1 atom stereocenters. The van der Waals surface area contributed by atoms with Crippen molar-refractivity contribution >= 4 is 17.7 Å². The molecule has 2 amide bonds. The molecule has 3 N–H and O–H groups in total. The predicted molar refractivity (Wildman–Crippen MR) is 72.9 cm³/mol. The van der Waals surface area contributed by atoms with Gasteiger partial charge in [-0.05, 0) is 37.1 Å². The highest BCUT2D eigenvalue weighted by Crippen LogP contribution is 2.13. The predicted octanol–water partition coefficient (Wildman–Crippen LogP) is 1.90. The summed E-state index contributed by atoms with van der Waals surface area (Å²) in [4.78, 5) is 22.5. The van der Waals surface area contributed by atoms with Crippen molar-refractivity contribution in [2.75, 3.05) is 5.32 Å². The van der Waals surface area contributed by atoms with Crippen LogP contribution in [0, 0.1) is 26.2 Å². The van der Waals surface area contributed by atoms with Gasteiger partial charge in [-0.15, -0.1) is 12.3 Å². The summed E-state index contributed by atoms with van der Waals surface area (Å²) in [5, 5.41) is 13.8. The minimum absolute atomic E-state index is 0.0599. The van der Waals surface area contributed by atoms with Gasteiger partial charge in [0.2, 0.25) is 0 Å². The number of anilines is 1.